The number of hydrogen-bond acceptors (Lipinski definition) is 1. The van der Waals surface area contributed by atoms with Crippen LogP contribution in [0.3, 0.4) is 0 Å². The average Bonchev–Trinajstić information content (AvgIpc) is 2.31. The van der Waals surface area contributed by atoms with E-state index in [1.807, 2.05) is 20.8 Å². The highest BCUT2D eigenvalue weighted by Crippen LogP contribution is 2.26. The van der Waals surface area contributed by atoms with Crippen molar-refractivity contribution in [1.29, 1.82) is 0 Å². The molecule has 0 amide bonds. The molecule has 0 aliphatic rings. The van der Waals surface area contributed by atoms with Crippen molar-refractivity contribution in [2.75, 3.05) is 6.54 Å². The van der Waals surface area contributed by atoms with Gasteiger partial charge in [-0.2, -0.15) is 0 Å². The minimum absolute atomic E-state index is 0.205. The second-order valence-corrected chi connectivity index (χ2v) is 4.90. The lowest BCUT2D eigenvalue weighted by Gasteiger charge is -2.21. The Morgan fingerprint density at radius 3 is 2.33 bits per heavy atom. The molecule has 1 atom stereocenters. The van der Waals surface area contributed by atoms with Crippen molar-refractivity contribution >= 4 is 0 Å². The van der Waals surface area contributed by atoms with Gasteiger partial charge in [-0.05, 0) is 31.4 Å². The molecule has 4 heteroatoms. The van der Waals surface area contributed by atoms with Crippen LogP contribution < -0.4 is 5.32 Å². The van der Waals surface area contributed by atoms with Crippen molar-refractivity contribution in [2.24, 2.45) is 5.92 Å². The molecule has 0 heterocycles. The molecule has 1 nitrogen and oxygen atoms in total. The van der Waals surface area contributed by atoms with E-state index in [1.165, 1.54) is 6.07 Å². The summed E-state index contributed by atoms with van der Waals surface area (Å²) in [6.45, 7) is 6.74. The highest BCUT2D eigenvalue weighted by molar-refractivity contribution is 5.23. The molecule has 0 saturated heterocycles. The molecule has 102 valence electrons. The van der Waals surface area contributed by atoms with Gasteiger partial charge in [-0.25, -0.2) is 13.2 Å². The summed E-state index contributed by atoms with van der Waals surface area (Å²) in [5.74, 6) is -3.27. The molecule has 1 rings (SSSR count). The summed E-state index contributed by atoms with van der Waals surface area (Å²) in [6.07, 6.45) is 1.59. The Morgan fingerprint density at radius 1 is 1.11 bits per heavy atom. The lowest BCUT2D eigenvalue weighted by atomic mass is 9.96. The summed E-state index contributed by atoms with van der Waals surface area (Å²) in [6, 6.07) is 2.03. The molecule has 0 bridgehead atoms. The van der Waals surface area contributed by atoms with Gasteiger partial charge in [-0.1, -0.05) is 26.8 Å². The molecule has 0 aromatic heterocycles. The first kappa shape index (κ1) is 15.0. The van der Waals surface area contributed by atoms with E-state index in [2.05, 4.69) is 5.32 Å². The minimum atomic E-state index is -1.39. The van der Waals surface area contributed by atoms with Crippen LogP contribution in [-0.4, -0.2) is 6.54 Å². The number of benzene rings is 1. The third kappa shape index (κ3) is 3.73. The van der Waals surface area contributed by atoms with E-state index >= 15 is 0 Å². The molecule has 1 aromatic carbocycles. The predicted molar refractivity (Wildman–Crippen MR) is 66.8 cm³/mol. The third-order valence-corrected chi connectivity index (χ3v) is 2.79. The molecule has 1 aromatic rings. The van der Waals surface area contributed by atoms with E-state index in [9.17, 15) is 13.2 Å². The Labute approximate surface area is 106 Å². The van der Waals surface area contributed by atoms with Crippen molar-refractivity contribution in [3.05, 3.63) is 35.1 Å². The smallest absolute Gasteiger partial charge is 0.194 e. The average molecular weight is 259 g/mol. The van der Waals surface area contributed by atoms with Gasteiger partial charge in [-0.15, -0.1) is 0 Å². The standard InChI is InChI=1S/C14H20F3N/c1-4-7-18-12(8-9(2)3)10-5-6-11(15)14(17)13(10)16/h5-6,9,12,18H,4,7-8H2,1-3H3. The van der Waals surface area contributed by atoms with Crippen molar-refractivity contribution in [3.8, 4) is 0 Å². The zero-order chi connectivity index (χ0) is 13.7. The van der Waals surface area contributed by atoms with Gasteiger partial charge >= 0.3 is 0 Å². The summed E-state index contributed by atoms with van der Waals surface area (Å²) >= 11 is 0. The van der Waals surface area contributed by atoms with Crippen LogP contribution >= 0.6 is 0 Å². The maximum atomic E-state index is 13.7. The summed E-state index contributed by atoms with van der Waals surface area (Å²) in [7, 11) is 0. The quantitative estimate of drug-likeness (QED) is 0.755. The molecule has 0 aliphatic carbocycles. The Balaban J connectivity index is 3.00. The lowest BCUT2D eigenvalue weighted by Crippen LogP contribution is -2.25. The van der Waals surface area contributed by atoms with Gasteiger partial charge in [0, 0.05) is 11.6 Å². The molecule has 1 unspecified atom stereocenters. The van der Waals surface area contributed by atoms with Crippen LogP contribution in [-0.2, 0) is 0 Å². The van der Waals surface area contributed by atoms with Gasteiger partial charge in [0.2, 0.25) is 0 Å². The normalized spacial score (nSPS) is 13.1. The van der Waals surface area contributed by atoms with Crippen LogP contribution in [0, 0.1) is 23.4 Å². The Kier molecular flexibility index (Phi) is 5.66. The Bertz CT molecular complexity index is 391. The molecule has 18 heavy (non-hydrogen) atoms. The monoisotopic (exact) mass is 259 g/mol. The van der Waals surface area contributed by atoms with E-state index in [0.29, 0.717) is 12.3 Å². The number of halogens is 3. The molecule has 1 N–H and O–H groups in total. The maximum absolute atomic E-state index is 13.7. The number of nitrogens with one attached hydrogen (secondary N) is 1. The number of hydrogen-bond donors (Lipinski definition) is 1. The van der Waals surface area contributed by atoms with E-state index in [0.717, 1.165) is 19.0 Å². The van der Waals surface area contributed by atoms with Gasteiger partial charge in [0.05, 0.1) is 0 Å². The van der Waals surface area contributed by atoms with Crippen LogP contribution in [0.4, 0.5) is 13.2 Å². The van der Waals surface area contributed by atoms with Crippen LogP contribution in [0.1, 0.15) is 45.2 Å². The molecule has 0 saturated carbocycles. The van der Waals surface area contributed by atoms with Crippen LogP contribution in [0.15, 0.2) is 12.1 Å². The predicted octanol–water partition coefficient (Wildman–Crippen LogP) is 4.19. The minimum Gasteiger partial charge on any atom is -0.310 e. The van der Waals surface area contributed by atoms with E-state index in [1.54, 1.807) is 0 Å². The molecular weight excluding hydrogens is 239 g/mol. The fourth-order valence-electron chi connectivity index (χ4n) is 1.92. The summed E-state index contributed by atoms with van der Waals surface area (Å²) < 4.78 is 39.9. The first-order valence-electron chi connectivity index (χ1n) is 6.34. The van der Waals surface area contributed by atoms with Crippen molar-refractivity contribution in [3.63, 3.8) is 0 Å². The van der Waals surface area contributed by atoms with Crippen LogP contribution in [0.5, 0.6) is 0 Å². The fourth-order valence-corrected chi connectivity index (χ4v) is 1.92. The highest BCUT2D eigenvalue weighted by Gasteiger charge is 2.21. The van der Waals surface area contributed by atoms with Crippen molar-refractivity contribution in [1.82, 2.24) is 5.32 Å². The van der Waals surface area contributed by atoms with Gasteiger partial charge < -0.3 is 5.32 Å². The molecule has 0 spiro atoms. The van der Waals surface area contributed by atoms with E-state index < -0.39 is 17.5 Å². The fraction of sp³-hybridized carbons (Fsp3) is 0.571. The topological polar surface area (TPSA) is 12.0 Å². The van der Waals surface area contributed by atoms with Gasteiger partial charge in [0.1, 0.15) is 0 Å². The second kappa shape index (κ2) is 6.78. The SMILES string of the molecule is CCCNC(CC(C)C)c1ccc(F)c(F)c1F. The van der Waals surface area contributed by atoms with Gasteiger partial charge in [0.25, 0.3) is 0 Å². The third-order valence-electron chi connectivity index (χ3n) is 2.79. The number of rotatable bonds is 6. The zero-order valence-corrected chi connectivity index (χ0v) is 11.1. The highest BCUT2D eigenvalue weighted by atomic mass is 19.2. The Hall–Kier alpha value is -1.03. The maximum Gasteiger partial charge on any atom is 0.194 e. The molecule has 0 aliphatic heterocycles. The first-order valence-corrected chi connectivity index (χ1v) is 6.34. The summed E-state index contributed by atoms with van der Waals surface area (Å²) in [5.41, 5.74) is 0.205. The van der Waals surface area contributed by atoms with Gasteiger partial charge in [0.15, 0.2) is 17.5 Å². The van der Waals surface area contributed by atoms with Crippen LogP contribution in [0.2, 0.25) is 0 Å². The van der Waals surface area contributed by atoms with Crippen molar-refractivity contribution < 1.29 is 13.2 Å². The molecule has 0 radical (unpaired) electrons. The van der Waals surface area contributed by atoms with Gasteiger partial charge in [-0.3, -0.25) is 0 Å². The van der Waals surface area contributed by atoms with E-state index in [4.69, 9.17) is 0 Å². The first-order chi connectivity index (χ1) is 8.47. The molecule has 0 fully saturated rings. The lowest BCUT2D eigenvalue weighted by molar-refractivity contribution is 0.393. The second-order valence-electron chi connectivity index (χ2n) is 4.90. The Morgan fingerprint density at radius 2 is 1.78 bits per heavy atom. The summed E-state index contributed by atoms with van der Waals surface area (Å²) in [5, 5.41) is 3.18. The zero-order valence-electron chi connectivity index (χ0n) is 11.1. The van der Waals surface area contributed by atoms with Crippen molar-refractivity contribution in [2.45, 2.75) is 39.7 Å². The molecular formula is C14H20F3N. The van der Waals surface area contributed by atoms with Crippen LogP contribution in [0.25, 0.3) is 0 Å². The summed E-state index contributed by atoms with van der Waals surface area (Å²) in [4.78, 5) is 0. The van der Waals surface area contributed by atoms with E-state index in [-0.39, 0.29) is 11.6 Å². The largest absolute Gasteiger partial charge is 0.310 e.